The highest BCUT2D eigenvalue weighted by atomic mass is 35.5. The fourth-order valence-corrected chi connectivity index (χ4v) is 10.6. The van der Waals surface area contributed by atoms with E-state index in [4.69, 9.17) is 0 Å². The Morgan fingerprint density at radius 1 is 0.457 bits per heavy atom. The SMILES string of the molecule is Cl.Cn1cnc2c1c(=O)n(CCC1CCC(C)(C)CC1)c(=O)n2C.Cn1cnc2c1c(=O)n(CCC1CCC(C)(O)CC1)c(=O)n2C.Cn1cnc2c1c(=O)n(CCC1CCC(C)(O)CC1)c(=O)n2C. The topological polar surface area (TPSA) is 226 Å². The summed E-state index contributed by atoms with van der Waals surface area (Å²) in [6.45, 7) is 9.72. The Hall–Kier alpha value is -5.34. The predicted octanol–water partition coefficient (Wildman–Crippen LogP) is 3.99. The molecule has 6 aromatic rings. The third-order valence-electron chi connectivity index (χ3n) is 15.7. The van der Waals surface area contributed by atoms with Crippen LogP contribution in [0.25, 0.3) is 33.5 Å². The Morgan fingerprint density at radius 3 is 0.957 bits per heavy atom. The summed E-state index contributed by atoms with van der Waals surface area (Å²) >= 11 is 0. The van der Waals surface area contributed by atoms with Crippen LogP contribution in [0.15, 0.2) is 47.7 Å². The zero-order valence-corrected chi connectivity index (χ0v) is 43.6. The predicted molar refractivity (Wildman–Crippen MR) is 273 cm³/mol. The maximum atomic E-state index is 12.6. The van der Waals surface area contributed by atoms with E-state index in [-0.39, 0.29) is 46.2 Å². The van der Waals surface area contributed by atoms with Gasteiger partial charge >= 0.3 is 17.1 Å². The molecule has 6 heterocycles. The molecule has 3 saturated carbocycles. The molecule has 2 N–H and O–H groups in total. The minimum atomic E-state index is -0.558. The molecule has 21 heteroatoms. The Labute approximate surface area is 412 Å². The minimum Gasteiger partial charge on any atom is -0.390 e. The number of halogens is 1. The van der Waals surface area contributed by atoms with Crippen LogP contribution in [0.2, 0.25) is 0 Å². The van der Waals surface area contributed by atoms with Gasteiger partial charge in [-0.1, -0.05) is 13.8 Å². The average Bonchev–Trinajstić information content (AvgIpc) is 4.02. The van der Waals surface area contributed by atoms with Crippen molar-refractivity contribution >= 4 is 45.9 Å². The molecule has 3 aliphatic rings. The lowest BCUT2D eigenvalue weighted by molar-refractivity contribution is 0.00596. The quantitative estimate of drug-likeness (QED) is 0.211. The van der Waals surface area contributed by atoms with Crippen molar-refractivity contribution < 1.29 is 10.2 Å². The first kappa shape index (κ1) is 54.0. The zero-order valence-electron chi connectivity index (χ0n) is 42.8. The maximum absolute atomic E-state index is 12.6. The van der Waals surface area contributed by atoms with Gasteiger partial charge in [-0.3, -0.25) is 41.8 Å². The van der Waals surface area contributed by atoms with Gasteiger partial charge in [0.1, 0.15) is 0 Å². The maximum Gasteiger partial charge on any atom is 0.332 e. The number of aliphatic hydroxyl groups is 2. The van der Waals surface area contributed by atoms with Crippen molar-refractivity contribution in [2.75, 3.05) is 0 Å². The first-order valence-electron chi connectivity index (χ1n) is 24.7. The molecule has 0 amide bonds. The minimum absolute atomic E-state index is 0. The van der Waals surface area contributed by atoms with Crippen LogP contribution in [0.3, 0.4) is 0 Å². The molecule has 20 nitrogen and oxygen atoms in total. The highest BCUT2D eigenvalue weighted by molar-refractivity contribution is 5.85. The summed E-state index contributed by atoms with van der Waals surface area (Å²) in [7, 11) is 10.3. The molecule has 0 atom stereocenters. The molecule has 0 bridgehead atoms. The summed E-state index contributed by atoms with van der Waals surface area (Å²) in [5.74, 6) is 1.52. The number of hydrogen-bond donors (Lipinski definition) is 2. The van der Waals surface area contributed by atoms with Gasteiger partial charge in [-0.25, -0.2) is 29.3 Å². The highest BCUT2D eigenvalue weighted by Crippen LogP contribution is 2.39. The third-order valence-corrected chi connectivity index (χ3v) is 15.7. The first-order valence-corrected chi connectivity index (χ1v) is 24.7. The van der Waals surface area contributed by atoms with Crippen molar-refractivity contribution in [3.05, 3.63) is 81.5 Å². The van der Waals surface area contributed by atoms with E-state index < -0.39 is 11.2 Å². The number of aromatic nitrogens is 12. The molecular weight excluding hydrogens is 920 g/mol. The van der Waals surface area contributed by atoms with Crippen LogP contribution in [-0.2, 0) is 61.9 Å². The number of aryl methyl sites for hydroxylation is 6. The van der Waals surface area contributed by atoms with Gasteiger partial charge in [0.2, 0.25) is 0 Å². The van der Waals surface area contributed by atoms with Crippen molar-refractivity contribution in [2.45, 2.75) is 155 Å². The van der Waals surface area contributed by atoms with Crippen LogP contribution in [0, 0.1) is 23.2 Å². The van der Waals surface area contributed by atoms with Crippen molar-refractivity contribution in [3.63, 3.8) is 0 Å². The van der Waals surface area contributed by atoms with Gasteiger partial charge in [0.25, 0.3) is 16.7 Å². The van der Waals surface area contributed by atoms with Gasteiger partial charge < -0.3 is 23.9 Å². The molecule has 3 aliphatic carbocycles. The van der Waals surface area contributed by atoms with Gasteiger partial charge in [0, 0.05) is 61.9 Å². The number of fused-ring (bicyclic) bond motifs is 3. The van der Waals surface area contributed by atoms with E-state index in [0.717, 1.165) is 70.6 Å². The van der Waals surface area contributed by atoms with E-state index in [0.29, 0.717) is 76.3 Å². The highest BCUT2D eigenvalue weighted by Gasteiger charge is 2.31. The molecule has 0 aromatic carbocycles. The van der Waals surface area contributed by atoms with E-state index in [9.17, 15) is 39.0 Å². The second-order valence-corrected chi connectivity index (χ2v) is 21.8. The Balaban J connectivity index is 0.000000171. The van der Waals surface area contributed by atoms with Crippen LogP contribution in [-0.4, -0.2) is 77.5 Å². The second-order valence-electron chi connectivity index (χ2n) is 21.8. The molecule has 70 heavy (non-hydrogen) atoms. The van der Waals surface area contributed by atoms with E-state index in [1.807, 2.05) is 13.8 Å². The summed E-state index contributed by atoms with van der Waals surface area (Å²) in [4.78, 5) is 87.6. The van der Waals surface area contributed by atoms with Crippen molar-refractivity contribution in [1.82, 2.24) is 56.1 Å². The fraction of sp³-hybridized carbons (Fsp3) is 0.694. The van der Waals surface area contributed by atoms with Crippen LogP contribution in [0.4, 0.5) is 0 Å². The van der Waals surface area contributed by atoms with Crippen molar-refractivity contribution in [2.24, 2.45) is 65.5 Å². The normalized spacial score (nSPS) is 22.6. The van der Waals surface area contributed by atoms with Crippen LogP contribution >= 0.6 is 12.4 Å². The number of rotatable bonds is 9. The van der Waals surface area contributed by atoms with Gasteiger partial charge in [0.05, 0.1) is 30.2 Å². The Bertz CT molecular complexity index is 2840. The Morgan fingerprint density at radius 2 is 0.700 bits per heavy atom. The molecule has 386 valence electrons. The molecule has 0 radical (unpaired) electrons. The molecule has 6 aromatic heterocycles. The van der Waals surface area contributed by atoms with Crippen LogP contribution in [0.1, 0.15) is 124 Å². The smallest absolute Gasteiger partial charge is 0.332 e. The van der Waals surface area contributed by atoms with E-state index in [1.54, 1.807) is 75.0 Å². The molecule has 0 saturated heterocycles. The van der Waals surface area contributed by atoms with E-state index in [2.05, 4.69) is 28.8 Å². The molecule has 0 spiro atoms. The first-order chi connectivity index (χ1) is 32.4. The lowest BCUT2D eigenvalue weighted by atomic mass is 9.72. The fourth-order valence-electron chi connectivity index (χ4n) is 10.6. The van der Waals surface area contributed by atoms with E-state index >= 15 is 0 Å². The molecule has 9 rings (SSSR count). The standard InChI is InChI=1S/C17H26N4O2.2C16H24N4O3.ClH/c1-17(2)8-5-12(6-9-17)7-10-21-15(22)13-14(18-11-19(13)3)20(4)16(21)23;2*1-16(23)7-4-11(5-8-16)6-9-20-14(21)12-13(17-10-18(12)2)19(3)15(20)22;/h11-12H,5-10H2,1-4H3;2*10-11,23H,4-9H2,1-3H3;1H. The lowest BCUT2D eigenvalue weighted by Gasteiger charge is -2.34. The van der Waals surface area contributed by atoms with Gasteiger partial charge in [-0.2, -0.15) is 0 Å². The lowest BCUT2D eigenvalue weighted by Crippen LogP contribution is -2.40. The van der Waals surface area contributed by atoms with Gasteiger partial charge in [0.15, 0.2) is 33.5 Å². The Kier molecular flexibility index (Phi) is 16.3. The zero-order chi connectivity index (χ0) is 50.3. The summed E-state index contributed by atoms with van der Waals surface area (Å²) in [5, 5.41) is 20.0. The third kappa shape index (κ3) is 11.4. The molecule has 3 fully saturated rings. The average molecular weight is 996 g/mol. The van der Waals surface area contributed by atoms with Crippen molar-refractivity contribution in [3.8, 4) is 0 Å². The molecule has 0 aliphatic heterocycles. The van der Waals surface area contributed by atoms with Crippen molar-refractivity contribution in [1.29, 1.82) is 0 Å². The summed E-state index contributed by atoms with van der Waals surface area (Å²) < 4.78 is 13.4. The molecular formula is C49H75ClN12O8. The monoisotopic (exact) mass is 995 g/mol. The largest absolute Gasteiger partial charge is 0.390 e. The summed E-state index contributed by atoms with van der Waals surface area (Å²) in [6, 6.07) is 0. The van der Waals surface area contributed by atoms with Gasteiger partial charge in [-0.05, 0) is 133 Å². The van der Waals surface area contributed by atoms with E-state index in [1.165, 1.54) is 53.1 Å². The summed E-state index contributed by atoms with van der Waals surface area (Å²) in [5.41, 5.74) is 0.374. The van der Waals surface area contributed by atoms with Gasteiger partial charge in [-0.15, -0.1) is 12.4 Å². The molecule has 0 unspecified atom stereocenters. The number of nitrogens with zero attached hydrogens (tertiary/aromatic N) is 12. The van der Waals surface area contributed by atoms with Crippen LogP contribution < -0.4 is 33.7 Å². The number of hydrogen-bond acceptors (Lipinski definition) is 11. The summed E-state index contributed by atoms with van der Waals surface area (Å²) in [6.07, 6.45) is 18.9. The second kappa shape index (κ2) is 21.2. The van der Waals surface area contributed by atoms with Crippen LogP contribution in [0.5, 0.6) is 0 Å². The number of imidazole rings is 3.